The first-order valence-corrected chi connectivity index (χ1v) is 17.2. The average Bonchev–Trinajstić information content (AvgIpc) is 2.81. The zero-order valence-electron chi connectivity index (χ0n) is 24.1. The van der Waals surface area contributed by atoms with E-state index in [1.54, 1.807) is 0 Å². The van der Waals surface area contributed by atoms with Gasteiger partial charge in [0.05, 0.1) is 15.7 Å². The molecule has 0 aromatic heterocycles. The Morgan fingerprint density at radius 1 is 0.676 bits per heavy atom. The highest BCUT2D eigenvalue weighted by Gasteiger charge is 2.38. The summed E-state index contributed by atoms with van der Waals surface area (Å²) in [7, 11) is -2.36. The molecule has 3 aromatic carbocycles. The molecule has 200 valence electrons. The monoisotopic (exact) mass is 553 g/mol. The van der Waals surface area contributed by atoms with Crippen molar-refractivity contribution in [2.75, 3.05) is 6.16 Å². The highest BCUT2D eigenvalue weighted by Crippen LogP contribution is 2.59. The summed E-state index contributed by atoms with van der Waals surface area (Å²) in [6.45, 7) is 20.4. The largest absolute Gasteiger partial charge is 0.242 e. The van der Waals surface area contributed by atoms with Crippen molar-refractivity contribution < 1.29 is 4.21 Å². The van der Waals surface area contributed by atoms with Crippen molar-refractivity contribution in [2.45, 2.75) is 83.4 Å². The van der Waals surface area contributed by atoms with Crippen LogP contribution in [0.15, 0.2) is 84.9 Å². The Labute approximate surface area is 231 Å². The Balaban J connectivity index is 2.19. The second-order valence-electron chi connectivity index (χ2n) is 12.6. The highest BCUT2D eigenvalue weighted by atomic mass is 32.2. The summed E-state index contributed by atoms with van der Waals surface area (Å²) in [5, 5.41) is 4.41. The van der Waals surface area contributed by atoms with Crippen LogP contribution in [0.3, 0.4) is 0 Å². The lowest BCUT2D eigenvalue weighted by atomic mass is 10.1. The number of nitrogens with one attached hydrogen (secondary N) is 1. The molecule has 1 N–H and O–H groups in total. The van der Waals surface area contributed by atoms with E-state index >= 15 is 0 Å². The first kappa shape index (κ1) is 30.2. The van der Waals surface area contributed by atoms with E-state index < -0.39 is 26.8 Å². The molecule has 0 unspecified atom stereocenters. The fourth-order valence-electron chi connectivity index (χ4n) is 4.98. The van der Waals surface area contributed by atoms with Crippen molar-refractivity contribution >= 4 is 42.7 Å². The number of hydrogen-bond donors (Lipinski definition) is 1. The first-order chi connectivity index (χ1) is 17.2. The van der Waals surface area contributed by atoms with E-state index in [0.717, 1.165) is 6.16 Å². The molecule has 0 spiro atoms. The van der Waals surface area contributed by atoms with E-state index in [9.17, 15) is 4.21 Å². The second kappa shape index (κ2) is 12.2. The van der Waals surface area contributed by atoms with E-state index in [1.165, 1.54) is 21.5 Å². The molecule has 0 fully saturated rings. The Kier molecular flexibility index (Phi) is 9.96. The molecule has 0 radical (unpaired) electrons. The van der Waals surface area contributed by atoms with Crippen molar-refractivity contribution in [1.82, 2.24) is 4.72 Å². The van der Waals surface area contributed by atoms with Gasteiger partial charge in [-0.25, -0.2) is 8.93 Å². The van der Waals surface area contributed by atoms with Gasteiger partial charge < -0.3 is 0 Å². The van der Waals surface area contributed by atoms with Crippen LogP contribution in [0.5, 0.6) is 0 Å². The summed E-state index contributed by atoms with van der Waals surface area (Å²) in [6.07, 6.45) is 0.889. The van der Waals surface area contributed by atoms with Gasteiger partial charge in [-0.05, 0) is 66.6 Å². The molecule has 0 aliphatic heterocycles. The molecule has 0 bridgehead atoms. The molecular weight excluding hydrogens is 508 g/mol. The third kappa shape index (κ3) is 8.06. The van der Waals surface area contributed by atoms with Gasteiger partial charge in [0, 0.05) is 6.04 Å². The summed E-state index contributed by atoms with van der Waals surface area (Å²) in [6, 6.07) is 30.6. The zero-order valence-corrected chi connectivity index (χ0v) is 26.7. The van der Waals surface area contributed by atoms with Crippen LogP contribution in [0, 0.1) is 0 Å². The van der Waals surface area contributed by atoms with Crippen LogP contribution in [-0.4, -0.2) is 25.4 Å². The van der Waals surface area contributed by atoms with Crippen LogP contribution in [0.25, 0.3) is 0 Å². The van der Waals surface area contributed by atoms with E-state index in [0.29, 0.717) is 0 Å². The maximum Gasteiger partial charge on any atom is 0.0976 e. The normalized spacial score (nSPS) is 14.7. The number of hydrogen-bond acceptors (Lipinski definition) is 1. The van der Waals surface area contributed by atoms with Gasteiger partial charge in [-0.1, -0.05) is 134 Å². The molecule has 0 aliphatic carbocycles. The molecule has 0 saturated carbocycles. The standard InChI is InChI=1S/C32H45NOP2S/c1-30(2,3)36(31(4,5)6)29-23-17-16-22-27(29)28(33-37(34)32(7,8)9)24-35(25-18-12-10-13-19-25)26-20-14-11-15-21-26/h10-23,28,33H,24H2,1-9H3/t28-,37-/m1/s1. The van der Waals surface area contributed by atoms with E-state index in [-0.39, 0.29) is 21.1 Å². The molecule has 0 heterocycles. The van der Waals surface area contributed by atoms with Crippen molar-refractivity contribution in [3.63, 3.8) is 0 Å². The molecule has 0 saturated heterocycles. The van der Waals surface area contributed by atoms with Crippen molar-refractivity contribution in [1.29, 1.82) is 0 Å². The van der Waals surface area contributed by atoms with Crippen molar-refractivity contribution in [3.05, 3.63) is 90.5 Å². The number of rotatable bonds is 8. The maximum absolute atomic E-state index is 13.6. The Bertz CT molecular complexity index is 1110. The van der Waals surface area contributed by atoms with Crippen LogP contribution in [0.4, 0.5) is 0 Å². The predicted molar refractivity (Wildman–Crippen MR) is 170 cm³/mol. The third-order valence-electron chi connectivity index (χ3n) is 6.20. The van der Waals surface area contributed by atoms with Crippen LogP contribution in [-0.2, 0) is 11.0 Å². The summed E-state index contributed by atoms with van der Waals surface area (Å²) >= 11 is 0. The van der Waals surface area contributed by atoms with Crippen LogP contribution in [0.2, 0.25) is 0 Å². The smallest absolute Gasteiger partial charge is 0.0976 e. The molecule has 2 nitrogen and oxygen atoms in total. The fraction of sp³-hybridized carbons (Fsp3) is 0.438. The van der Waals surface area contributed by atoms with Gasteiger partial charge in [-0.15, -0.1) is 0 Å². The van der Waals surface area contributed by atoms with Gasteiger partial charge in [0.2, 0.25) is 0 Å². The zero-order chi connectivity index (χ0) is 27.4. The van der Waals surface area contributed by atoms with Crippen LogP contribution in [0.1, 0.15) is 73.9 Å². The summed E-state index contributed by atoms with van der Waals surface area (Å²) in [5.41, 5.74) is 1.30. The molecule has 3 aromatic rings. The lowest BCUT2D eigenvalue weighted by Gasteiger charge is -2.43. The molecule has 3 rings (SSSR count). The Hall–Kier alpha value is -1.37. The third-order valence-corrected chi connectivity index (χ3v) is 14.0. The Morgan fingerprint density at radius 2 is 1.11 bits per heavy atom. The minimum Gasteiger partial charge on any atom is -0.242 e. The Morgan fingerprint density at radius 3 is 1.54 bits per heavy atom. The van der Waals surface area contributed by atoms with Crippen molar-refractivity contribution in [2.24, 2.45) is 0 Å². The van der Waals surface area contributed by atoms with Gasteiger partial charge in [-0.2, -0.15) is 0 Å². The number of benzene rings is 3. The molecule has 0 aliphatic rings. The minimum absolute atomic E-state index is 0.0301. The lowest BCUT2D eigenvalue weighted by Crippen LogP contribution is -2.40. The topological polar surface area (TPSA) is 29.1 Å². The van der Waals surface area contributed by atoms with Crippen molar-refractivity contribution in [3.8, 4) is 0 Å². The van der Waals surface area contributed by atoms with Crippen LogP contribution < -0.4 is 20.6 Å². The van der Waals surface area contributed by atoms with Gasteiger partial charge in [0.1, 0.15) is 0 Å². The summed E-state index contributed by atoms with van der Waals surface area (Å²) in [5.74, 6) is 0. The van der Waals surface area contributed by atoms with Gasteiger partial charge in [0.15, 0.2) is 0 Å². The lowest BCUT2D eigenvalue weighted by molar-refractivity contribution is 0.618. The predicted octanol–water partition coefficient (Wildman–Crippen LogP) is 7.62. The molecule has 0 amide bonds. The highest BCUT2D eigenvalue weighted by molar-refractivity contribution is 7.84. The average molecular weight is 554 g/mol. The van der Waals surface area contributed by atoms with Gasteiger partial charge in [-0.3, -0.25) is 0 Å². The van der Waals surface area contributed by atoms with E-state index in [1.807, 2.05) is 20.8 Å². The SMILES string of the molecule is CC(C)(C)P(c1ccccc1[C@@H](CP(c1ccccc1)c1ccccc1)N[S@](=O)C(C)(C)C)C(C)(C)C. The fourth-order valence-corrected chi connectivity index (χ4v) is 12.5. The van der Waals surface area contributed by atoms with Gasteiger partial charge in [0.25, 0.3) is 0 Å². The summed E-state index contributed by atoms with van der Waals surface area (Å²) < 4.78 is 16.9. The molecule has 37 heavy (non-hydrogen) atoms. The van der Waals surface area contributed by atoms with E-state index in [4.69, 9.17) is 0 Å². The quantitative estimate of drug-likeness (QED) is 0.286. The molecular formula is C32H45NOP2S. The van der Waals surface area contributed by atoms with Gasteiger partial charge >= 0.3 is 0 Å². The first-order valence-electron chi connectivity index (χ1n) is 13.1. The van der Waals surface area contributed by atoms with Crippen LogP contribution >= 0.6 is 15.8 Å². The molecule has 2 atom stereocenters. The maximum atomic E-state index is 13.6. The summed E-state index contributed by atoms with van der Waals surface area (Å²) in [4.78, 5) is 0. The molecule has 5 heteroatoms. The minimum atomic E-state index is -1.19. The van der Waals surface area contributed by atoms with E-state index in [2.05, 4.69) is 131 Å². The second-order valence-corrected chi connectivity index (χ2v) is 20.7.